The number of hydrogen-bond acceptors (Lipinski definition) is 4. The summed E-state index contributed by atoms with van der Waals surface area (Å²) in [6.07, 6.45) is 8.00. The lowest BCUT2D eigenvalue weighted by atomic mass is 9.70. The number of ether oxygens (including phenoxy) is 1. The Morgan fingerprint density at radius 1 is 1.26 bits per heavy atom. The highest BCUT2D eigenvalue weighted by Gasteiger charge is 2.33. The van der Waals surface area contributed by atoms with Crippen LogP contribution in [0.1, 0.15) is 87.2 Å². The number of hydrogen-bond donors (Lipinski definition) is 2. The molecule has 2 N–H and O–H groups in total. The molecule has 2 atom stereocenters. The van der Waals surface area contributed by atoms with Crippen LogP contribution in [0.5, 0.6) is 11.5 Å². The van der Waals surface area contributed by atoms with E-state index in [0.717, 1.165) is 43.2 Å². The number of phenolic OH excluding ortho intramolecular Hbond substituents is 2. The van der Waals surface area contributed by atoms with Crippen LogP contribution in [0.4, 0.5) is 0 Å². The minimum absolute atomic E-state index is 0.0411. The van der Waals surface area contributed by atoms with E-state index >= 15 is 0 Å². The highest BCUT2D eigenvalue weighted by molar-refractivity contribution is 5.95. The van der Waals surface area contributed by atoms with Crippen LogP contribution in [-0.4, -0.2) is 23.3 Å². The van der Waals surface area contributed by atoms with Crippen LogP contribution in [-0.2, 0) is 11.2 Å². The number of rotatable bonds is 7. The molecule has 0 heterocycles. The molecule has 0 radical (unpaired) electrons. The lowest BCUT2D eigenvalue weighted by Gasteiger charge is -2.35. The molecule has 4 nitrogen and oxygen atoms in total. The Hall–Kier alpha value is -1.97. The lowest BCUT2D eigenvalue weighted by Crippen LogP contribution is -2.23. The molecular weight excluding hydrogens is 340 g/mol. The SMILES string of the molecule is CCCCCc1c(C(=O)OC)c(O)cc(O)c1[C@H]1C=C(C)CC[C@H]1C(C)C. The highest BCUT2D eigenvalue weighted by Crippen LogP contribution is 2.47. The molecule has 0 fully saturated rings. The maximum atomic E-state index is 12.4. The van der Waals surface area contributed by atoms with Crippen molar-refractivity contribution in [1.29, 1.82) is 0 Å². The fourth-order valence-corrected chi connectivity index (χ4v) is 4.37. The standard InChI is InChI=1S/C23H34O4/c1-6-7-8-9-17-21(18-12-15(4)10-11-16(18)14(2)3)19(24)13-20(25)22(17)23(26)27-5/h12-14,16,18,24-25H,6-11H2,1-5H3/t16-,18-/m0/s1. The van der Waals surface area contributed by atoms with Gasteiger partial charge in [-0.15, -0.1) is 0 Å². The topological polar surface area (TPSA) is 66.8 Å². The van der Waals surface area contributed by atoms with Crippen molar-refractivity contribution in [1.82, 2.24) is 0 Å². The summed E-state index contributed by atoms with van der Waals surface area (Å²) < 4.78 is 4.95. The first-order chi connectivity index (χ1) is 12.8. The Morgan fingerprint density at radius 3 is 2.56 bits per heavy atom. The second-order valence-electron chi connectivity index (χ2n) is 8.12. The lowest BCUT2D eigenvalue weighted by molar-refractivity contribution is 0.0595. The second kappa shape index (κ2) is 9.29. The molecule has 0 bridgehead atoms. The monoisotopic (exact) mass is 374 g/mol. The highest BCUT2D eigenvalue weighted by atomic mass is 16.5. The number of methoxy groups -OCH3 is 1. The second-order valence-corrected chi connectivity index (χ2v) is 8.12. The number of unbranched alkanes of at least 4 members (excludes halogenated alkanes) is 2. The largest absolute Gasteiger partial charge is 0.507 e. The van der Waals surface area contributed by atoms with Crippen LogP contribution in [0.15, 0.2) is 17.7 Å². The van der Waals surface area contributed by atoms with Crippen LogP contribution in [0.2, 0.25) is 0 Å². The fraction of sp³-hybridized carbons (Fsp3) is 0.609. The molecule has 0 saturated carbocycles. The van der Waals surface area contributed by atoms with Crippen LogP contribution in [0, 0.1) is 11.8 Å². The van der Waals surface area contributed by atoms with E-state index in [4.69, 9.17) is 4.74 Å². The normalized spacial score (nSPS) is 19.9. The molecule has 1 aliphatic rings. The quantitative estimate of drug-likeness (QED) is 0.364. The maximum absolute atomic E-state index is 12.4. The Bertz CT molecular complexity index is 703. The zero-order valence-corrected chi connectivity index (χ0v) is 17.3. The summed E-state index contributed by atoms with van der Waals surface area (Å²) in [7, 11) is 1.33. The van der Waals surface area contributed by atoms with Gasteiger partial charge in [-0.3, -0.25) is 0 Å². The Morgan fingerprint density at radius 2 is 1.96 bits per heavy atom. The predicted octanol–water partition coefficient (Wildman–Crippen LogP) is 5.71. The first-order valence-corrected chi connectivity index (χ1v) is 10.1. The van der Waals surface area contributed by atoms with Gasteiger partial charge in [0.25, 0.3) is 0 Å². The zero-order valence-electron chi connectivity index (χ0n) is 17.3. The van der Waals surface area contributed by atoms with Crippen molar-refractivity contribution in [2.75, 3.05) is 7.11 Å². The summed E-state index contributed by atoms with van der Waals surface area (Å²) in [6, 6.07) is 1.31. The van der Waals surface area contributed by atoms with Gasteiger partial charge >= 0.3 is 5.97 Å². The number of aromatic hydroxyl groups is 2. The number of carbonyl (C=O) groups excluding carboxylic acids is 1. The minimum atomic E-state index is -0.544. The molecule has 0 aromatic heterocycles. The van der Waals surface area contributed by atoms with E-state index in [-0.39, 0.29) is 23.0 Å². The van der Waals surface area contributed by atoms with Crippen LogP contribution in [0.3, 0.4) is 0 Å². The predicted molar refractivity (Wildman–Crippen MR) is 108 cm³/mol. The molecule has 1 aromatic carbocycles. The molecule has 4 heteroatoms. The summed E-state index contributed by atoms with van der Waals surface area (Å²) in [5.41, 5.74) is 3.06. The molecule has 0 saturated heterocycles. The number of benzene rings is 1. The molecule has 0 unspecified atom stereocenters. The summed E-state index contributed by atoms with van der Waals surface area (Å²) in [5.74, 6) is 0.217. The molecule has 1 aliphatic carbocycles. The van der Waals surface area contributed by atoms with Crippen molar-refractivity contribution in [3.8, 4) is 11.5 Å². The zero-order chi connectivity index (χ0) is 20.1. The van der Waals surface area contributed by atoms with E-state index in [0.29, 0.717) is 18.3 Å². The van der Waals surface area contributed by atoms with Crippen LogP contribution < -0.4 is 0 Å². The fourth-order valence-electron chi connectivity index (χ4n) is 4.37. The van der Waals surface area contributed by atoms with Gasteiger partial charge in [-0.2, -0.15) is 0 Å². The van der Waals surface area contributed by atoms with E-state index < -0.39 is 5.97 Å². The third-order valence-corrected chi connectivity index (χ3v) is 5.84. The van der Waals surface area contributed by atoms with Crippen molar-refractivity contribution < 1.29 is 19.7 Å². The third kappa shape index (κ3) is 4.66. The van der Waals surface area contributed by atoms with Crippen molar-refractivity contribution in [2.45, 2.75) is 72.1 Å². The van der Waals surface area contributed by atoms with Gasteiger partial charge in [-0.25, -0.2) is 4.79 Å². The van der Waals surface area contributed by atoms with Gasteiger partial charge in [0.2, 0.25) is 0 Å². The van der Waals surface area contributed by atoms with Gasteiger partial charge in [0, 0.05) is 17.5 Å². The molecular formula is C23H34O4. The van der Waals surface area contributed by atoms with Crippen molar-refractivity contribution in [2.24, 2.45) is 11.8 Å². The van der Waals surface area contributed by atoms with Gasteiger partial charge in [0.1, 0.15) is 17.1 Å². The Labute approximate surface area is 163 Å². The van der Waals surface area contributed by atoms with Crippen LogP contribution in [0.25, 0.3) is 0 Å². The van der Waals surface area contributed by atoms with E-state index in [1.165, 1.54) is 18.7 Å². The minimum Gasteiger partial charge on any atom is -0.507 e. The molecule has 1 aromatic rings. The van der Waals surface area contributed by atoms with E-state index in [2.05, 4.69) is 33.8 Å². The first kappa shape index (κ1) is 21.3. The Balaban J connectivity index is 2.68. The van der Waals surface area contributed by atoms with Gasteiger partial charge < -0.3 is 14.9 Å². The van der Waals surface area contributed by atoms with Crippen molar-refractivity contribution in [3.63, 3.8) is 0 Å². The molecule has 27 heavy (non-hydrogen) atoms. The molecule has 0 aliphatic heterocycles. The van der Waals surface area contributed by atoms with E-state index in [1.54, 1.807) is 0 Å². The smallest absolute Gasteiger partial charge is 0.341 e. The number of allylic oxidation sites excluding steroid dienone is 2. The van der Waals surface area contributed by atoms with Gasteiger partial charge in [0.15, 0.2) is 0 Å². The van der Waals surface area contributed by atoms with Gasteiger partial charge in [0.05, 0.1) is 7.11 Å². The van der Waals surface area contributed by atoms with Gasteiger partial charge in [-0.1, -0.05) is 45.3 Å². The first-order valence-electron chi connectivity index (χ1n) is 10.1. The Kier molecular flexibility index (Phi) is 7.34. The summed E-state index contributed by atoms with van der Waals surface area (Å²) in [4.78, 5) is 12.4. The average molecular weight is 375 g/mol. The summed E-state index contributed by atoms with van der Waals surface area (Å²) in [6.45, 7) is 8.67. The number of phenols is 2. The molecule has 2 rings (SSSR count). The average Bonchev–Trinajstić information content (AvgIpc) is 2.61. The third-order valence-electron chi connectivity index (χ3n) is 5.84. The summed E-state index contributed by atoms with van der Waals surface area (Å²) in [5, 5.41) is 21.2. The molecule has 0 spiro atoms. The van der Waals surface area contributed by atoms with Crippen molar-refractivity contribution >= 4 is 5.97 Å². The number of carbonyl (C=O) groups is 1. The maximum Gasteiger partial charge on any atom is 0.341 e. The molecule has 0 amide bonds. The van der Waals surface area contributed by atoms with Crippen molar-refractivity contribution in [3.05, 3.63) is 34.4 Å². The van der Waals surface area contributed by atoms with E-state index in [1.807, 2.05) is 0 Å². The van der Waals surface area contributed by atoms with Crippen LogP contribution >= 0.6 is 0 Å². The van der Waals surface area contributed by atoms with E-state index in [9.17, 15) is 15.0 Å². The number of esters is 1. The van der Waals surface area contributed by atoms with Gasteiger partial charge in [-0.05, 0) is 50.0 Å². The molecule has 150 valence electrons. The summed E-state index contributed by atoms with van der Waals surface area (Å²) >= 11 is 0.